The van der Waals surface area contributed by atoms with Crippen molar-refractivity contribution < 1.29 is 0 Å². The SMILES string of the molecule is CCN(C)C1CCN(C(C)C)C1. The average Bonchev–Trinajstić information content (AvgIpc) is 2.51. The van der Waals surface area contributed by atoms with Crippen LogP contribution in [-0.4, -0.2) is 48.6 Å². The molecule has 72 valence electrons. The van der Waals surface area contributed by atoms with Gasteiger partial charge in [-0.2, -0.15) is 0 Å². The van der Waals surface area contributed by atoms with Gasteiger partial charge in [0.15, 0.2) is 0 Å². The van der Waals surface area contributed by atoms with Crippen LogP contribution >= 0.6 is 0 Å². The Labute approximate surface area is 76.5 Å². The highest BCUT2D eigenvalue weighted by Crippen LogP contribution is 2.16. The van der Waals surface area contributed by atoms with E-state index in [0.717, 1.165) is 12.1 Å². The molecule has 1 unspecified atom stereocenters. The van der Waals surface area contributed by atoms with E-state index < -0.39 is 0 Å². The van der Waals surface area contributed by atoms with E-state index in [1.807, 2.05) is 0 Å². The standard InChI is InChI=1S/C10H22N2/c1-5-11(4)10-6-7-12(8-10)9(2)3/h9-10H,5-8H2,1-4H3. The van der Waals surface area contributed by atoms with Gasteiger partial charge in [-0.25, -0.2) is 0 Å². The summed E-state index contributed by atoms with van der Waals surface area (Å²) >= 11 is 0. The highest BCUT2D eigenvalue weighted by atomic mass is 15.2. The molecule has 1 atom stereocenters. The van der Waals surface area contributed by atoms with Crippen LogP contribution in [0.5, 0.6) is 0 Å². The molecule has 0 aromatic heterocycles. The topological polar surface area (TPSA) is 6.48 Å². The Kier molecular flexibility index (Phi) is 3.53. The van der Waals surface area contributed by atoms with Gasteiger partial charge in [-0.05, 0) is 33.9 Å². The van der Waals surface area contributed by atoms with Gasteiger partial charge >= 0.3 is 0 Å². The van der Waals surface area contributed by atoms with Crippen LogP contribution in [0.4, 0.5) is 0 Å². The fourth-order valence-corrected chi connectivity index (χ4v) is 1.86. The molecule has 0 spiro atoms. The van der Waals surface area contributed by atoms with E-state index in [1.54, 1.807) is 0 Å². The van der Waals surface area contributed by atoms with Gasteiger partial charge in [0.25, 0.3) is 0 Å². The van der Waals surface area contributed by atoms with Crippen LogP contribution in [-0.2, 0) is 0 Å². The van der Waals surface area contributed by atoms with E-state index in [2.05, 4.69) is 37.6 Å². The molecule has 1 saturated heterocycles. The lowest BCUT2D eigenvalue weighted by atomic mass is 10.2. The molecule has 2 heteroatoms. The normalized spacial score (nSPS) is 26.0. The molecule has 1 aliphatic heterocycles. The summed E-state index contributed by atoms with van der Waals surface area (Å²) in [6, 6.07) is 1.53. The van der Waals surface area contributed by atoms with Gasteiger partial charge in [-0.1, -0.05) is 6.92 Å². The number of nitrogens with zero attached hydrogens (tertiary/aromatic N) is 2. The predicted molar refractivity (Wildman–Crippen MR) is 53.4 cm³/mol. The Morgan fingerprint density at radius 3 is 2.58 bits per heavy atom. The van der Waals surface area contributed by atoms with Crippen LogP contribution in [0.15, 0.2) is 0 Å². The lowest BCUT2D eigenvalue weighted by Gasteiger charge is -2.24. The van der Waals surface area contributed by atoms with E-state index in [1.165, 1.54) is 26.1 Å². The van der Waals surface area contributed by atoms with Crippen molar-refractivity contribution >= 4 is 0 Å². The second-order valence-corrected chi connectivity index (χ2v) is 4.10. The molecule has 0 aromatic carbocycles. The largest absolute Gasteiger partial charge is 0.302 e. The van der Waals surface area contributed by atoms with Crippen LogP contribution in [0.2, 0.25) is 0 Å². The first-order valence-corrected chi connectivity index (χ1v) is 5.09. The second-order valence-electron chi connectivity index (χ2n) is 4.10. The predicted octanol–water partition coefficient (Wildman–Crippen LogP) is 1.42. The first-order valence-electron chi connectivity index (χ1n) is 5.09. The molecule has 1 heterocycles. The lowest BCUT2D eigenvalue weighted by molar-refractivity contribution is 0.220. The zero-order valence-electron chi connectivity index (χ0n) is 8.88. The minimum atomic E-state index is 0.722. The molecular weight excluding hydrogens is 148 g/mol. The molecule has 0 N–H and O–H groups in total. The first kappa shape index (κ1) is 10.0. The van der Waals surface area contributed by atoms with Crippen molar-refractivity contribution in [1.29, 1.82) is 0 Å². The third kappa shape index (κ3) is 2.20. The zero-order valence-corrected chi connectivity index (χ0v) is 8.88. The Hall–Kier alpha value is -0.0800. The van der Waals surface area contributed by atoms with E-state index in [0.29, 0.717) is 0 Å². The summed E-state index contributed by atoms with van der Waals surface area (Å²) < 4.78 is 0. The zero-order chi connectivity index (χ0) is 9.14. The molecule has 1 rings (SSSR count). The summed E-state index contributed by atoms with van der Waals surface area (Å²) in [7, 11) is 2.23. The minimum Gasteiger partial charge on any atom is -0.302 e. The highest BCUT2D eigenvalue weighted by Gasteiger charge is 2.25. The molecule has 12 heavy (non-hydrogen) atoms. The van der Waals surface area contributed by atoms with Gasteiger partial charge < -0.3 is 4.90 Å². The van der Waals surface area contributed by atoms with E-state index in [4.69, 9.17) is 0 Å². The van der Waals surface area contributed by atoms with Crippen LogP contribution < -0.4 is 0 Å². The number of likely N-dealkylation sites (N-methyl/N-ethyl adjacent to an activating group) is 1. The maximum absolute atomic E-state index is 2.57. The van der Waals surface area contributed by atoms with Crippen LogP contribution in [0.1, 0.15) is 27.2 Å². The fraction of sp³-hybridized carbons (Fsp3) is 1.00. The molecule has 0 aliphatic carbocycles. The molecule has 0 bridgehead atoms. The van der Waals surface area contributed by atoms with Crippen molar-refractivity contribution in [2.75, 3.05) is 26.7 Å². The van der Waals surface area contributed by atoms with Crippen LogP contribution in [0.25, 0.3) is 0 Å². The van der Waals surface area contributed by atoms with E-state index >= 15 is 0 Å². The molecule has 0 radical (unpaired) electrons. The van der Waals surface area contributed by atoms with Crippen LogP contribution in [0, 0.1) is 0 Å². The summed E-state index contributed by atoms with van der Waals surface area (Å²) in [5.74, 6) is 0. The van der Waals surface area contributed by atoms with Crippen molar-refractivity contribution in [3.63, 3.8) is 0 Å². The van der Waals surface area contributed by atoms with Gasteiger partial charge in [-0.3, -0.25) is 4.90 Å². The second kappa shape index (κ2) is 4.24. The Balaban J connectivity index is 2.35. The lowest BCUT2D eigenvalue weighted by Crippen LogP contribution is -2.36. The summed E-state index contributed by atoms with van der Waals surface area (Å²) in [6.07, 6.45) is 1.35. The van der Waals surface area contributed by atoms with Crippen molar-refractivity contribution in [2.24, 2.45) is 0 Å². The molecular formula is C10H22N2. The maximum atomic E-state index is 2.57. The van der Waals surface area contributed by atoms with Gasteiger partial charge in [0.2, 0.25) is 0 Å². The van der Waals surface area contributed by atoms with Crippen molar-refractivity contribution in [3.05, 3.63) is 0 Å². The Bertz CT molecular complexity index is 134. The van der Waals surface area contributed by atoms with Crippen molar-refractivity contribution in [3.8, 4) is 0 Å². The summed E-state index contributed by atoms with van der Waals surface area (Å²) in [5.41, 5.74) is 0. The maximum Gasteiger partial charge on any atom is 0.0232 e. The van der Waals surface area contributed by atoms with Gasteiger partial charge in [-0.15, -0.1) is 0 Å². The minimum absolute atomic E-state index is 0.722. The molecule has 1 aliphatic rings. The molecule has 2 nitrogen and oxygen atoms in total. The fourth-order valence-electron chi connectivity index (χ4n) is 1.86. The molecule has 0 saturated carbocycles. The third-order valence-electron chi connectivity index (χ3n) is 3.05. The number of rotatable bonds is 3. The van der Waals surface area contributed by atoms with Gasteiger partial charge in [0.05, 0.1) is 0 Å². The van der Waals surface area contributed by atoms with E-state index in [9.17, 15) is 0 Å². The number of hydrogen-bond acceptors (Lipinski definition) is 2. The smallest absolute Gasteiger partial charge is 0.0232 e. The third-order valence-corrected chi connectivity index (χ3v) is 3.05. The first-order chi connectivity index (χ1) is 5.65. The van der Waals surface area contributed by atoms with Gasteiger partial charge in [0, 0.05) is 25.2 Å². The number of likely N-dealkylation sites (tertiary alicyclic amines) is 1. The molecule has 1 fully saturated rings. The molecule has 0 aromatic rings. The summed E-state index contributed by atoms with van der Waals surface area (Å²) in [6.45, 7) is 10.5. The van der Waals surface area contributed by atoms with Crippen molar-refractivity contribution in [1.82, 2.24) is 9.80 Å². The van der Waals surface area contributed by atoms with E-state index in [-0.39, 0.29) is 0 Å². The summed E-state index contributed by atoms with van der Waals surface area (Å²) in [5, 5.41) is 0. The summed E-state index contributed by atoms with van der Waals surface area (Å²) in [4.78, 5) is 5.03. The Morgan fingerprint density at radius 1 is 1.50 bits per heavy atom. The molecule has 0 amide bonds. The van der Waals surface area contributed by atoms with Crippen LogP contribution in [0.3, 0.4) is 0 Å². The van der Waals surface area contributed by atoms with Crippen molar-refractivity contribution in [2.45, 2.75) is 39.3 Å². The Morgan fingerprint density at radius 2 is 2.17 bits per heavy atom. The highest BCUT2D eigenvalue weighted by molar-refractivity contribution is 4.82. The average molecular weight is 170 g/mol. The quantitative estimate of drug-likeness (QED) is 0.632. The van der Waals surface area contributed by atoms with Gasteiger partial charge in [0.1, 0.15) is 0 Å². The number of hydrogen-bond donors (Lipinski definition) is 0. The monoisotopic (exact) mass is 170 g/mol.